The van der Waals surface area contributed by atoms with E-state index >= 15 is 0 Å². The minimum absolute atomic E-state index is 0.0325. The molecule has 6 nitrogen and oxygen atoms in total. The van der Waals surface area contributed by atoms with Crippen LogP contribution in [0.5, 0.6) is 5.75 Å². The van der Waals surface area contributed by atoms with Crippen molar-refractivity contribution in [1.82, 2.24) is 14.7 Å². The van der Waals surface area contributed by atoms with Gasteiger partial charge in [0, 0.05) is 35.7 Å². The first kappa shape index (κ1) is 21.1. The van der Waals surface area contributed by atoms with Gasteiger partial charge in [0.15, 0.2) is 0 Å². The molecular weight excluding hydrogens is 414 g/mol. The van der Waals surface area contributed by atoms with Crippen molar-refractivity contribution < 1.29 is 14.1 Å². The predicted molar refractivity (Wildman–Crippen MR) is 121 cm³/mol. The second-order valence-corrected chi connectivity index (χ2v) is 7.99. The van der Waals surface area contributed by atoms with E-state index in [0.29, 0.717) is 35.3 Å². The second-order valence-electron chi connectivity index (χ2n) is 7.58. The molecule has 0 spiro atoms. The van der Waals surface area contributed by atoms with Crippen LogP contribution < -0.4 is 4.74 Å². The Morgan fingerprint density at radius 1 is 1.26 bits per heavy atom. The largest absolute Gasteiger partial charge is 0.489 e. The summed E-state index contributed by atoms with van der Waals surface area (Å²) in [6.07, 6.45) is 4.29. The summed E-state index contributed by atoms with van der Waals surface area (Å²) in [5, 5.41) is 5.83. The number of aromatic nitrogens is 3. The molecule has 160 valence electrons. The van der Waals surface area contributed by atoms with Crippen molar-refractivity contribution in [2.75, 3.05) is 0 Å². The third-order valence-corrected chi connectivity index (χ3v) is 5.36. The highest BCUT2D eigenvalue weighted by atomic mass is 35.5. The van der Waals surface area contributed by atoms with Gasteiger partial charge in [0.25, 0.3) is 5.89 Å². The third-order valence-electron chi connectivity index (χ3n) is 5.06. The van der Waals surface area contributed by atoms with Crippen molar-refractivity contribution in [1.29, 1.82) is 0 Å². The molecule has 0 radical (unpaired) electrons. The van der Waals surface area contributed by atoms with Gasteiger partial charge in [0.05, 0.1) is 16.6 Å². The van der Waals surface area contributed by atoms with Gasteiger partial charge in [-0.25, -0.2) is 0 Å². The van der Waals surface area contributed by atoms with Gasteiger partial charge in [-0.3, -0.25) is 0 Å². The van der Waals surface area contributed by atoms with E-state index in [1.807, 2.05) is 38.1 Å². The Bertz CT molecular complexity index is 1230. The van der Waals surface area contributed by atoms with Crippen molar-refractivity contribution in [2.24, 2.45) is 0 Å². The van der Waals surface area contributed by atoms with Gasteiger partial charge < -0.3 is 18.6 Å². The molecule has 0 saturated heterocycles. The van der Waals surface area contributed by atoms with Gasteiger partial charge in [0.1, 0.15) is 12.0 Å². The second kappa shape index (κ2) is 8.94. The van der Waals surface area contributed by atoms with Gasteiger partial charge in [-0.05, 0) is 57.0 Å². The number of hydrogen-bond acceptors (Lipinski definition) is 5. The van der Waals surface area contributed by atoms with E-state index < -0.39 is 0 Å². The lowest BCUT2D eigenvalue weighted by molar-refractivity contribution is -0.107. The molecular formula is C24H24ClN3O3. The standard InChI is InChI=1S/C24H24ClN3O3/c1-4-28-14-17(7-6-12-29)18-8-5-9-19(22(18)28)23-26-24(31-27-23)16-10-11-21(20(25)13-16)30-15(2)3/h5,8-15H,4,6-7H2,1-3H3. The summed E-state index contributed by atoms with van der Waals surface area (Å²) >= 11 is 6.37. The van der Waals surface area contributed by atoms with Crippen molar-refractivity contribution in [3.8, 4) is 28.6 Å². The summed E-state index contributed by atoms with van der Waals surface area (Å²) in [6.45, 7) is 6.79. The summed E-state index contributed by atoms with van der Waals surface area (Å²) < 4.78 is 13.4. The molecule has 0 unspecified atom stereocenters. The molecule has 0 N–H and O–H groups in total. The van der Waals surface area contributed by atoms with E-state index in [1.54, 1.807) is 6.07 Å². The smallest absolute Gasteiger partial charge is 0.258 e. The van der Waals surface area contributed by atoms with Crippen LogP contribution in [-0.4, -0.2) is 27.1 Å². The minimum Gasteiger partial charge on any atom is -0.489 e. The normalized spacial score (nSPS) is 11.4. The molecule has 7 heteroatoms. The first-order valence-corrected chi connectivity index (χ1v) is 10.7. The molecule has 0 aliphatic carbocycles. The highest BCUT2D eigenvalue weighted by molar-refractivity contribution is 6.32. The summed E-state index contributed by atoms with van der Waals surface area (Å²) in [7, 11) is 0. The molecule has 0 bridgehead atoms. The number of aldehydes is 1. The number of aryl methyl sites for hydroxylation is 2. The van der Waals surface area contributed by atoms with Gasteiger partial charge in [0.2, 0.25) is 5.82 Å². The topological polar surface area (TPSA) is 70.2 Å². The number of halogens is 1. The third kappa shape index (κ3) is 4.21. The Kier molecular flexibility index (Phi) is 6.09. The lowest BCUT2D eigenvalue weighted by Gasteiger charge is -2.11. The average molecular weight is 438 g/mol. The highest BCUT2D eigenvalue weighted by Gasteiger charge is 2.18. The van der Waals surface area contributed by atoms with Crippen molar-refractivity contribution in [2.45, 2.75) is 46.3 Å². The zero-order chi connectivity index (χ0) is 22.0. The lowest BCUT2D eigenvalue weighted by Crippen LogP contribution is -2.05. The number of benzene rings is 2. The molecule has 31 heavy (non-hydrogen) atoms. The van der Waals surface area contributed by atoms with Crippen LogP contribution in [-0.2, 0) is 17.8 Å². The first-order chi connectivity index (χ1) is 15.0. The average Bonchev–Trinajstić information content (AvgIpc) is 3.38. The molecule has 0 amide bonds. The fourth-order valence-electron chi connectivity index (χ4n) is 3.71. The lowest BCUT2D eigenvalue weighted by atomic mass is 10.1. The number of carbonyl (C=O) groups is 1. The Morgan fingerprint density at radius 2 is 2.10 bits per heavy atom. The molecule has 2 aromatic carbocycles. The fraction of sp³-hybridized carbons (Fsp3) is 0.292. The maximum Gasteiger partial charge on any atom is 0.258 e. The van der Waals surface area contributed by atoms with Gasteiger partial charge in [-0.1, -0.05) is 28.9 Å². The Hall–Kier alpha value is -3.12. The quantitative estimate of drug-likeness (QED) is 0.318. The maximum absolute atomic E-state index is 10.9. The summed E-state index contributed by atoms with van der Waals surface area (Å²) in [5.74, 6) is 1.52. The van der Waals surface area contributed by atoms with Crippen LogP contribution in [0.2, 0.25) is 5.02 Å². The van der Waals surface area contributed by atoms with Crippen molar-refractivity contribution in [3.63, 3.8) is 0 Å². The summed E-state index contributed by atoms with van der Waals surface area (Å²) in [5.41, 5.74) is 3.79. The fourth-order valence-corrected chi connectivity index (χ4v) is 3.94. The van der Waals surface area contributed by atoms with Crippen LogP contribution in [0.15, 0.2) is 47.1 Å². The van der Waals surface area contributed by atoms with Gasteiger partial charge in [-0.15, -0.1) is 0 Å². The first-order valence-electron chi connectivity index (χ1n) is 10.4. The van der Waals surface area contributed by atoms with Crippen LogP contribution in [0, 0.1) is 0 Å². The zero-order valence-corrected chi connectivity index (χ0v) is 18.5. The number of fused-ring (bicyclic) bond motifs is 1. The van der Waals surface area contributed by atoms with E-state index in [4.69, 9.17) is 20.9 Å². The zero-order valence-electron chi connectivity index (χ0n) is 17.8. The van der Waals surface area contributed by atoms with Crippen LogP contribution in [0.25, 0.3) is 33.7 Å². The molecule has 0 saturated carbocycles. The maximum atomic E-state index is 10.9. The molecule has 2 aromatic heterocycles. The minimum atomic E-state index is 0.0325. The SMILES string of the molecule is CCn1cc(CCC=O)c2cccc(-c3noc(-c4ccc(OC(C)C)c(Cl)c4)n3)c21. The summed E-state index contributed by atoms with van der Waals surface area (Å²) in [6, 6.07) is 11.5. The van der Waals surface area contributed by atoms with Gasteiger partial charge in [-0.2, -0.15) is 4.98 Å². The molecule has 4 rings (SSSR count). The molecule has 2 heterocycles. The van der Waals surface area contributed by atoms with E-state index in [1.165, 1.54) is 0 Å². The highest BCUT2D eigenvalue weighted by Crippen LogP contribution is 2.34. The summed E-state index contributed by atoms with van der Waals surface area (Å²) in [4.78, 5) is 15.5. The number of para-hydroxylation sites is 1. The molecule has 4 aromatic rings. The van der Waals surface area contributed by atoms with Crippen LogP contribution in [0.4, 0.5) is 0 Å². The molecule has 0 fully saturated rings. The molecule has 0 atom stereocenters. The van der Waals surface area contributed by atoms with Crippen molar-refractivity contribution >= 4 is 28.8 Å². The van der Waals surface area contributed by atoms with Crippen molar-refractivity contribution in [3.05, 3.63) is 53.2 Å². The van der Waals surface area contributed by atoms with E-state index in [0.717, 1.165) is 40.4 Å². The Balaban J connectivity index is 1.73. The van der Waals surface area contributed by atoms with Crippen LogP contribution >= 0.6 is 11.6 Å². The Morgan fingerprint density at radius 3 is 2.81 bits per heavy atom. The number of carbonyl (C=O) groups excluding carboxylic acids is 1. The predicted octanol–water partition coefficient (Wildman–Crippen LogP) is 5.95. The monoisotopic (exact) mass is 437 g/mol. The molecule has 0 aliphatic rings. The number of ether oxygens (including phenoxy) is 1. The Labute approximate surface area is 185 Å². The van der Waals surface area contributed by atoms with E-state index in [9.17, 15) is 4.79 Å². The number of hydrogen-bond donors (Lipinski definition) is 0. The number of rotatable bonds is 8. The number of nitrogens with zero attached hydrogens (tertiary/aromatic N) is 3. The van der Waals surface area contributed by atoms with Crippen LogP contribution in [0.1, 0.15) is 32.8 Å². The van der Waals surface area contributed by atoms with E-state index in [2.05, 4.69) is 33.9 Å². The van der Waals surface area contributed by atoms with Gasteiger partial charge >= 0.3 is 0 Å². The molecule has 0 aliphatic heterocycles. The van der Waals surface area contributed by atoms with Crippen LogP contribution in [0.3, 0.4) is 0 Å². The van der Waals surface area contributed by atoms with E-state index in [-0.39, 0.29) is 6.10 Å².